The largest absolute Gasteiger partial charge is 0.458 e. The molecule has 0 aliphatic carbocycles. The van der Waals surface area contributed by atoms with Gasteiger partial charge < -0.3 is 14.4 Å². The third-order valence-electron chi connectivity index (χ3n) is 8.08. The molecular weight excluding hydrogens is 523 g/mol. The molecule has 2 aromatic heterocycles. The van der Waals surface area contributed by atoms with Crippen LogP contribution >= 0.6 is 11.3 Å². The van der Waals surface area contributed by atoms with E-state index in [1.54, 1.807) is 0 Å². The van der Waals surface area contributed by atoms with Crippen molar-refractivity contribution in [1.29, 1.82) is 0 Å². The van der Waals surface area contributed by atoms with Crippen molar-refractivity contribution in [2.75, 3.05) is 4.90 Å². The second kappa shape index (κ2) is 8.72. The van der Waals surface area contributed by atoms with Crippen molar-refractivity contribution in [2.45, 2.75) is 0 Å². The number of pyridine rings is 1. The van der Waals surface area contributed by atoms with E-state index in [-0.39, 0.29) is 6.71 Å². The minimum absolute atomic E-state index is 0.0698. The van der Waals surface area contributed by atoms with Crippen molar-refractivity contribution < 1.29 is 9.47 Å². The molecule has 2 aliphatic heterocycles. The van der Waals surface area contributed by atoms with Crippen molar-refractivity contribution in [3.05, 3.63) is 128 Å². The molecule has 0 bridgehead atoms. The molecule has 0 spiro atoms. The maximum atomic E-state index is 6.55. The van der Waals surface area contributed by atoms with Crippen LogP contribution in [0.3, 0.4) is 0 Å². The van der Waals surface area contributed by atoms with Gasteiger partial charge in [-0.1, -0.05) is 48.5 Å². The molecule has 0 N–H and O–H groups in total. The average Bonchev–Trinajstić information content (AvgIpc) is 3.38. The number of aromatic nitrogens is 1. The van der Waals surface area contributed by atoms with E-state index in [9.17, 15) is 0 Å². The highest BCUT2D eigenvalue weighted by atomic mass is 32.1. The summed E-state index contributed by atoms with van der Waals surface area (Å²) in [6.07, 6.45) is 3.68. The van der Waals surface area contributed by atoms with E-state index in [0.717, 1.165) is 45.5 Å². The Morgan fingerprint density at radius 3 is 2.10 bits per heavy atom. The van der Waals surface area contributed by atoms with Crippen LogP contribution in [0.2, 0.25) is 0 Å². The first-order valence-electron chi connectivity index (χ1n) is 13.6. The maximum absolute atomic E-state index is 6.55. The zero-order valence-electron chi connectivity index (χ0n) is 21.8. The van der Waals surface area contributed by atoms with Crippen molar-refractivity contribution in [2.24, 2.45) is 0 Å². The first-order valence-corrected chi connectivity index (χ1v) is 14.5. The number of hydrogen-bond donors (Lipinski definition) is 0. The fourth-order valence-electron chi connectivity index (χ4n) is 6.29. The molecule has 7 aromatic rings. The lowest BCUT2D eigenvalue weighted by molar-refractivity contribution is 0.465. The van der Waals surface area contributed by atoms with Crippen LogP contribution in [-0.2, 0) is 0 Å². The number of rotatable bonds is 3. The molecule has 0 radical (unpaired) electrons. The van der Waals surface area contributed by atoms with E-state index in [1.807, 2.05) is 66.2 Å². The molecule has 5 aromatic carbocycles. The predicted octanol–water partition coefficient (Wildman–Crippen LogP) is 7.65. The van der Waals surface area contributed by atoms with Crippen LogP contribution in [0, 0.1) is 0 Å². The fourth-order valence-corrected chi connectivity index (χ4v) is 7.46. The van der Waals surface area contributed by atoms with Gasteiger partial charge in [-0.15, -0.1) is 11.3 Å². The van der Waals surface area contributed by atoms with Crippen molar-refractivity contribution >= 4 is 71.7 Å². The first-order chi connectivity index (χ1) is 20.3. The van der Waals surface area contributed by atoms with Gasteiger partial charge in [-0.25, -0.2) is 0 Å². The monoisotopic (exact) mass is 544 g/mol. The van der Waals surface area contributed by atoms with Crippen LogP contribution in [0.1, 0.15) is 0 Å². The molecule has 0 unspecified atom stereocenters. The summed E-state index contributed by atoms with van der Waals surface area (Å²) in [6, 6.07) is 40.3. The average molecular weight is 544 g/mol. The lowest BCUT2D eigenvalue weighted by Gasteiger charge is -2.32. The summed E-state index contributed by atoms with van der Waals surface area (Å²) >= 11 is 1.83. The van der Waals surface area contributed by atoms with Gasteiger partial charge in [-0.05, 0) is 77.7 Å². The molecule has 4 nitrogen and oxygen atoms in total. The third-order valence-corrected chi connectivity index (χ3v) is 9.19. The molecular formula is C35H21BN2O2S. The summed E-state index contributed by atoms with van der Waals surface area (Å²) in [5.74, 6) is 3.56. The highest BCUT2D eigenvalue weighted by molar-refractivity contribution is 7.26. The van der Waals surface area contributed by atoms with Gasteiger partial charge >= 0.3 is 0 Å². The minimum Gasteiger partial charge on any atom is -0.458 e. The van der Waals surface area contributed by atoms with Crippen LogP contribution in [0.15, 0.2) is 128 Å². The van der Waals surface area contributed by atoms with Crippen molar-refractivity contribution in [1.82, 2.24) is 4.98 Å². The molecule has 6 heteroatoms. The molecule has 0 atom stereocenters. The Labute approximate surface area is 241 Å². The standard InChI is InChI=1S/C35H21BN2O2S/c1-2-7-22(8-3-1)38(23-15-17-37-18-16-23)24-13-14-25-26-20-32-28(21-34(26)41-33(25)19-24)36-27-9-4-5-10-29(27)39-30-11-6-12-31(40-32)35(30)36/h1-21H. The second-order valence-corrected chi connectivity index (χ2v) is 11.5. The summed E-state index contributed by atoms with van der Waals surface area (Å²) in [5.41, 5.74) is 6.76. The highest BCUT2D eigenvalue weighted by Gasteiger charge is 2.40. The number of thiophene rings is 1. The number of hydrogen-bond acceptors (Lipinski definition) is 5. The molecule has 0 saturated heterocycles. The van der Waals surface area contributed by atoms with Crippen LogP contribution in [0.25, 0.3) is 20.2 Å². The Hall–Kier alpha value is -5.07. The molecule has 0 amide bonds. The van der Waals surface area contributed by atoms with Gasteiger partial charge in [-0.3, -0.25) is 4.98 Å². The normalized spacial score (nSPS) is 12.7. The summed E-state index contributed by atoms with van der Waals surface area (Å²) in [5, 5.41) is 2.44. The Balaban J connectivity index is 1.23. The number of ether oxygens (including phenoxy) is 2. The van der Waals surface area contributed by atoms with E-state index in [0.29, 0.717) is 0 Å². The SMILES string of the molecule is c1ccc(N(c2ccncc2)c2ccc3c(c2)sc2cc4c(cc23)Oc2cccc3c2B4c2ccccc2O3)cc1. The van der Waals surface area contributed by atoms with E-state index < -0.39 is 0 Å². The Morgan fingerprint density at radius 2 is 1.24 bits per heavy atom. The summed E-state index contributed by atoms with van der Waals surface area (Å²) < 4.78 is 15.3. The third kappa shape index (κ3) is 3.44. The van der Waals surface area contributed by atoms with E-state index >= 15 is 0 Å². The summed E-state index contributed by atoms with van der Waals surface area (Å²) in [7, 11) is 0. The number of anilines is 3. The lowest BCUT2D eigenvalue weighted by Crippen LogP contribution is -2.57. The van der Waals surface area contributed by atoms with Crippen LogP contribution in [0.5, 0.6) is 23.0 Å². The predicted molar refractivity (Wildman–Crippen MR) is 169 cm³/mol. The highest BCUT2D eigenvalue weighted by Crippen LogP contribution is 2.42. The van der Waals surface area contributed by atoms with Crippen LogP contribution in [-0.4, -0.2) is 11.7 Å². The Morgan fingerprint density at radius 1 is 0.537 bits per heavy atom. The fraction of sp³-hybridized carbons (Fsp3) is 0. The van der Waals surface area contributed by atoms with Gasteiger partial charge in [-0.2, -0.15) is 0 Å². The number of fused-ring (bicyclic) bond motifs is 7. The first kappa shape index (κ1) is 22.7. The molecule has 0 fully saturated rings. The Kier molecular flexibility index (Phi) is 4.83. The molecule has 41 heavy (non-hydrogen) atoms. The second-order valence-electron chi connectivity index (χ2n) is 10.4. The minimum atomic E-state index is 0.0698. The number of benzene rings is 5. The Bertz CT molecular complexity index is 2090. The van der Waals surface area contributed by atoms with Gasteiger partial charge in [0.25, 0.3) is 6.71 Å². The van der Waals surface area contributed by atoms with Gasteiger partial charge in [0, 0.05) is 55.1 Å². The van der Waals surface area contributed by atoms with Crippen LogP contribution < -0.4 is 30.8 Å². The topological polar surface area (TPSA) is 34.6 Å². The smallest absolute Gasteiger partial charge is 0.260 e. The van der Waals surface area contributed by atoms with Gasteiger partial charge in [0.2, 0.25) is 0 Å². The molecule has 0 saturated carbocycles. The quantitative estimate of drug-likeness (QED) is 0.214. The van der Waals surface area contributed by atoms with E-state index in [2.05, 4.69) is 82.7 Å². The van der Waals surface area contributed by atoms with Crippen molar-refractivity contribution in [3.63, 3.8) is 0 Å². The number of nitrogens with zero attached hydrogens (tertiary/aromatic N) is 2. The lowest BCUT2D eigenvalue weighted by atomic mass is 9.35. The zero-order valence-corrected chi connectivity index (χ0v) is 22.6. The molecule has 2 aliphatic rings. The van der Waals surface area contributed by atoms with E-state index in [1.165, 1.54) is 31.1 Å². The van der Waals surface area contributed by atoms with Gasteiger partial charge in [0.15, 0.2) is 0 Å². The molecule has 192 valence electrons. The summed E-state index contributed by atoms with van der Waals surface area (Å²) in [6.45, 7) is 0.0698. The van der Waals surface area contributed by atoms with Crippen molar-refractivity contribution in [3.8, 4) is 23.0 Å². The molecule has 4 heterocycles. The molecule has 9 rings (SSSR count). The van der Waals surface area contributed by atoms with Crippen LogP contribution in [0.4, 0.5) is 17.1 Å². The maximum Gasteiger partial charge on any atom is 0.260 e. The van der Waals surface area contributed by atoms with Gasteiger partial charge in [0.05, 0.1) is 0 Å². The van der Waals surface area contributed by atoms with E-state index in [4.69, 9.17) is 9.47 Å². The van der Waals surface area contributed by atoms with Gasteiger partial charge in [0.1, 0.15) is 23.0 Å². The summed E-state index contributed by atoms with van der Waals surface area (Å²) in [4.78, 5) is 6.51. The zero-order chi connectivity index (χ0) is 26.9. The number of para-hydroxylation sites is 2.